The molecule has 0 heterocycles. The van der Waals surface area contributed by atoms with Crippen LogP contribution >= 0.6 is 0 Å². The lowest BCUT2D eigenvalue weighted by Gasteiger charge is -2.18. The Labute approximate surface area is 62.6 Å². The Bertz CT molecular complexity index is 141. The molecule has 1 atom stereocenters. The number of carboxylic acid groups (broad SMARTS) is 1. The molecule has 1 N–H and O–H groups in total. The molecule has 0 saturated heterocycles. The third kappa shape index (κ3) is 2.38. The molecule has 1 aliphatic carbocycles. The van der Waals surface area contributed by atoms with Crippen molar-refractivity contribution in [2.24, 2.45) is 5.92 Å². The molecule has 1 saturated carbocycles. The largest absolute Gasteiger partial charge is 0.481 e. The zero-order valence-electron chi connectivity index (χ0n) is 7.05. The first-order chi connectivity index (χ1) is 5.22. The van der Waals surface area contributed by atoms with Crippen LogP contribution in [0.15, 0.2) is 0 Å². The van der Waals surface area contributed by atoms with E-state index in [1.165, 1.54) is 6.42 Å². The average Bonchev–Trinajstić information content (AvgIpc) is 2.05. The van der Waals surface area contributed by atoms with Crippen molar-refractivity contribution < 1.29 is 11.3 Å². The molecule has 1 fully saturated rings. The topological polar surface area (TPSA) is 37.3 Å². The fourth-order valence-corrected chi connectivity index (χ4v) is 1.50. The van der Waals surface area contributed by atoms with Crippen molar-refractivity contribution in [2.45, 2.75) is 38.5 Å². The van der Waals surface area contributed by atoms with E-state index in [-0.39, 0.29) is 5.92 Å². The smallest absolute Gasteiger partial charge is 0.303 e. The van der Waals surface area contributed by atoms with Crippen LogP contribution in [0, 0.1) is 5.92 Å². The summed E-state index contributed by atoms with van der Waals surface area (Å²) in [5, 5.41) is 8.55. The predicted molar refractivity (Wildman–Crippen MR) is 38.8 cm³/mol. The Morgan fingerprint density at radius 1 is 1.50 bits per heavy atom. The van der Waals surface area contributed by atoms with Gasteiger partial charge in [0.15, 0.2) is 0 Å². The van der Waals surface area contributed by atoms with Crippen molar-refractivity contribution in [1.82, 2.24) is 0 Å². The van der Waals surface area contributed by atoms with Gasteiger partial charge in [-0.3, -0.25) is 4.79 Å². The third-order valence-electron chi connectivity index (χ3n) is 2.03. The van der Waals surface area contributed by atoms with Crippen LogP contribution in [0.5, 0.6) is 0 Å². The highest BCUT2D eigenvalue weighted by molar-refractivity contribution is 5.66. The zero-order valence-corrected chi connectivity index (χ0v) is 6.05. The molecule has 0 bridgehead atoms. The van der Waals surface area contributed by atoms with Gasteiger partial charge in [-0.05, 0) is 18.8 Å². The monoisotopic (exact) mass is 143 g/mol. The van der Waals surface area contributed by atoms with Gasteiger partial charge in [0.25, 0.3) is 0 Å². The summed E-state index contributed by atoms with van der Waals surface area (Å²) in [6.45, 7) is 0. The Balaban J connectivity index is 2.38. The standard InChI is InChI=1S/C8H14O2/c9-8(10)6-7-4-2-1-3-5-7/h7H,1-6H2,(H,9,10)/i6D. The minimum atomic E-state index is -0.961. The first-order valence-electron chi connectivity index (χ1n) is 4.44. The fourth-order valence-electron chi connectivity index (χ4n) is 1.50. The van der Waals surface area contributed by atoms with E-state index in [0.717, 1.165) is 25.7 Å². The number of carbonyl (C=O) groups is 1. The summed E-state index contributed by atoms with van der Waals surface area (Å²) in [5.41, 5.74) is 0. The van der Waals surface area contributed by atoms with Crippen molar-refractivity contribution in [3.05, 3.63) is 0 Å². The third-order valence-corrected chi connectivity index (χ3v) is 2.03. The summed E-state index contributed by atoms with van der Waals surface area (Å²) in [4.78, 5) is 10.4. The minimum absolute atomic E-state index is 0.112. The highest BCUT2D eigenvalue weighted by atomic mass is 16.4. The molecule has 1 aliphatic rings. The normalized spacial score (nSPS) is 25.4. The van der Waals surface area contributed by atoms with Gasteiger partial charge in [-0.15, -0.1) is 0 Å². The molecule has 0 amide bonds. The van der Waals surface area contributed by atoms with E-state index in [9.17, 15) is 4.79 Å². The van der Waals surface area contributed by atoms with Gasteiger partial charge >= 0.3 is 5.97 Å². The molecule has 0 spiro atoms. The number of rotatable bonds is 2. The van der Waals surface area contributed by atoms with Crippen LogP contribution in [-0.4, -0.2) is 11.1 Å². The summed E-state index contributed by atoms with van der Waals surface area (Å²) in [6.07, 6.45) is 4.40. The van der Waals surface area contributed by atoms with Crippen LogP contribution in [0.3, 0.4) is 0 Å². The molecule has 1 unspecified atom stereocenters. The van der Waals surface area contributed by atoms with E-state index < -0.39 is 12.4 Å². The van der Waals surface area contributed by atoms with E-state index in [1.54, 1.807) is 0 Å². The van der Waals surface area contributed by atoms with Crippen LogP contribution in [0.1, 0.15) is 39.9 Å². The maximum Gasteiger partial charge on any atom is 0.303 e. The van der Waals surface area contributed by atoms with E-state index in [2.05, 4.69) is 0 Å². The highest BCUT2D eigenvalue weighted by Gasteiger charge is 2.15. The van der Waals surface area contributed by atoms with Crippen molar-refractivity contribution in [3.8, 4) is 0 Å². The molecule has 0 aliphatic heterocycles. The van der Waals surface area contributed by atoms with Crippen molar-refractivity contribution >= 4 is 5.97 Å². The number of aliphatic carboxylic acids is 1. The second kappa shape index (κ2) is 3.59. The SMILES string of the molecule is [2H]C(C(=O)O)C1CCCCC1. The summed E-state index contributed by atoms with van der Waals surface area (Å²) >= 11 is 0. The van der Waals surface area contributed by atoms with E-state index in [0.29, 0.717) is 0 Å². The van der Waals surface area contributed by atoms with E-state index in [4.69, 9.17) is 6.48 Å². The molecular weight excluding hydrogens is 128 g/mol. The summed E-state index contributed by atoms with van der Waals surface area (Å²) < 4.78 is 7.32. The van der Waals surface area contributed by atoms with Gasteiger partial charge in [0.2, 0.25) is 0 Å². The van der Waals surface area contributed by atoms with Crippen LogP contribution in [0.4, 0.5) is 0 Å². The molecule has 2 nitrogen and oxygen atoms in total. The Hall–Kier alpha value is -0.530. The minimum Gasteiger partial charge on any atom is -0.481 e. The Kier molecular flexibility index (Phi) is 2.23. The Morgan fingerprint density at radius 2 is 2.10 bits per heavy atom. The van der Waals surface area contributed by atoms with Gasteiger partial charge in [-0.25, -0.2) is 0 Å². The maximum atomic E-state index is 10.4. The molecular formula is C8H14O2. The first kappa shape index (κ1) is 6.20. The lowest BCUT2D eigenvalue weighted by atomic mass is 9.87. The van der Waals surface area contributed by atoms with Gasteiger partial charge in [0.05, 0.1) is 0 Å². The number of hydrogen-bond donors (Lipinski definition) is 1. The van der Waals surface area contributed by atoms with Crippen molar-refractivity contribution in [1.29, 1.82) is 0 Å². The molecule has 0 radical (unpaired) electrons. The van der Waals surface area contributed by atoms with Crippen LogP contribution in [0.2, 0.25) is 0 Å². The average molecular weight is 143 g/mol. The molecule has 0 aromatic rings. The molecule has 2 heteroatoms. The van der Waals surface area contributed by atoms with E-state index >= 15 is 0 Å². The summed E-state index contributed by atoms with van der Waals surface area (Å²) in [7, 11) is 0. The molecule has 0 aromatic heterocycles. The van der Waals surface area contributed by atoms with Crippen LogP contribution in [-0.2, 0) is 4.79 Å². The van der Waals surface area contributed by atoms with Gasteiger partial charge in [0, 0.05) is 7.77 Å². The second-order valence-corrected chi connectivity index (χ2v) is 2.90. The molecule has 0 aromatic carbocycles. The van der Waals surface area contributed by atoms with E-state index in [1.807, 2.05) is 0 Å². The molecule has 58 valence electrons. The fraction of sp³-hybridized carbons (Fsp3) is 0.875. The first-order valence-corrected chi connectivity index (χ1v) is 3.87. The Morgan fingerprint density at radius 3 is 2.60 bits per heavy atom. The number of carboxylic acids is 1. The van der Waals surface area contributed by atoms with Crippen LogP contribution in [0.25, 0.3) is 0 Å². The van der Waals surface area contributed by atoms with Gasteiger partial charge < -0.3 is 5.11 Å². The number of hydrogen-bond acceptors (Lipinski definition) is 1. The quantitative estimate of drug-likeness (QED) is 0.642. The maximum absolute atomic E-state index is 10.4. The lowest BCUT2D eigenvalue weighted by molar-refractivity contribution is -0.138. The summed E-state index contributed by atoms with van der Waals surface area (Å²) in [6, 6.07) is 0. The summed E-state index contributed by atoms with van der Waals surface area (Å²) in [5.74, 6) is -0.849. The highest BCUT2D eigenvalue weighted by Crippen LogP contribution is 2.25. The van der Waals surface area contributed by atoms with Crippen molar-refractivity contribution in [2.75, 3.05) is 0 Å². The lowest BCUT2D eigenvalue weighted by Crippen LogP contribution is -2.10. The zero-order chi connectivity index (χ0) is 8.27. The molecule has 1 rings (SSSR count). The van der Waals surface area contributed by atoms with Crippen molar-refractivity contribution in [3.63, 3.8) is 0 Å². The van der Waals surface area contributed by atoms with Gasteiger partial charge in [0.1, 0.15) is 0 Å². The second-order valence-electron chi connectivity index (χ2n) is 2.90. The predicted octanol–water partition coefficient (Wildman–Crippen LogP) is 2.04. The van der Waals surface area contributed by atoms with Gasteiger partial charge in [-0.2, -0.15) is 0 Å². The van der Waals surface area contributed by atoms with Crippen LogP contribution < -0.4 is 0 Å². The van der Waals surface area contributed by atoms with Gasteiger partial charge in [-0.1, -0.05) is 19.3 Å². The molecule has 10 heavy (non-hydrogen) atoms.